The summed E-state index contributed by atoms with van der Waals surface area (Å²) in [6, 6.07) is 0. The van der Waals surface area contributed by atoms with Crippen LogP contribution in [0, 0.1) is 22.7 Å². The molecule has 0 bridgehead atoms. The Morgan fingerprint density at radius 1 is 1.25 bits per heavy atom. The van der Waals surface area contributed by atoms with Gasteiger partial charge in [-0.25, -0.2) is 0 Å². The number of halogens is 1. The van der Waals surface area contributed by atoms with Crippen LogP contribution in [-0.2, 0) is 4.79 Å². The molecule has 0 aromatic rings. The molecule has 4 heteroatoms. The molecule has 1 saturated carbocycles. The summed E-state index contributed by atoms with van der Waals surface area (Å²) in [5.74, 6) is 1.09. The highest BCUT2D eigenvalue weighted by Crippen LogP contribution is 2.68. The summed E-state index contributed by atoms with van der Waals surface area (Å²) in [7, 11) is 0. The SMILES string of the molecule is CC1(C)C(C(=O)NCC2CNC2)C1(C)C.Cl. The van der Waals surface area contributed by atoms with Crippen LogP contribution in [-0.4, -0.2) is 25.5 Å². The molecular formula is C12H23ClN2O. The largest absolute Gasteiger partial charge is 0.355 e. The normalized spacial score (nSPS) is 26.5. The molecule has 0 aromatic carbocycles. The van der Waals surface area contributed by atoms with Gasteiger partial charge in [-0.1, -0.05) is 27.7 Å². The molecular weight excluding hydrogens is 224 g/mol. The number of amides is 1. The summed E-state index contributed by atoms with van der Waals surface area (Å²) < 4.78 is 0. The lowest BCUT2D eigenvalue weighted by Gasteiger charge is -2.27. The molecule has 2 fully saturated rings. The van der Waals surface area contributed by atoms with E-state index in [9.17, 15) is 4.79 Å². The van der Waals surface area contributed by atoms with Gasteiger partial charge < -0.3 is 10.6 Å². The number of hydrogen-bond donors (Lipinski definition) is 2. The first-order valence-corrected chi connectivity index (χ1v) is 5.86. The summed E-state index contributed by atoms with van der Waals surface area (Å²) in [4.78, 5) is 11.9. The van der Waals surface area contributed by atoms with Crippen LogP contribution in [0.2, 0.25) is 0 Å². The van der Waals surface area contributed by atoms with Gasteiger partial charge in [-0.2, -0.15) is 0 Å². The van der Waals surface area contributed by atoms with E-state index < -0.39 is 0 Å². The summed E-state index contributed by atoms with van der Waals surface area (Å²) in [6.45, 7) is 11.7. The van der Waals surface area contributed by atoms with Crippen molar-refractivity contribution in [2.75, 3.05) is 19.6 Å². The third-order valence-corrected chi connectivity index (χ3v) is 4.71. The molecule has 2 rings (SSSR count). The van der Waals surface area contributed by atoms with Gasteiger partial charge in [0.15, 0.2) is 0 Å². The zero-order valence-corrected chi connectivity index (χ0v) is 11.4. The standard InChI is InChI=1S/C12H22N2O.ClH/c1-11(2)9(12(11,3)4)10(15)14-7-8-5-13-6-8;/h8-9,13H,5-7H2,1-4H3,(H,14,15);1H. The van der Waals surface area contributed by atoms with Crippen LogP contribution >= 0.6 is 12.4 Å². The highest BCUT2D eigenvalue weighted by Gasteiger charge is 2.68. The van der Waals surface area contributed by atoms with Crippen molar-refractivity contribution in [3.8, 4) is 0 Å². The predicted molar refractivity (Wildman–Crippen MR) is 67.7 cm³/mol. The molecule has 0 radical (unpaired) electrons. The molecule has 1 aliphatic carbocycles. The van der Waals surface area contributed by atoms with E-state index in [2.05, 4.69) is 38.3 Å². The predicted octanol–water partition coefficient (Wildman–Crippen LogP) is 1.43. The minimum atomic E-state index is 0. The van der Waals surface area contributed by atoms with E-state index >= 15 is 0 Å². The van der Waals surface area contributed by atoms with E-state index in [0.29, 0.717) is 5.92 Å². The first-order chi connectivity index (χ1) is 6.87. The van der Waals surface area contributed by atoms with Crippen LogP contribution in [0.25, 0.3) is 0 Å². The smallest absolute Gasteiger partial charge is 0.224 e. The van der Waals surface area contributed by atoms with Crippen LogP contribution in [0.1, 0.15) is 27.7 Å². The Morgan fingerprint density at radius 2 is 1.75 bits per heavy atom. The zero-order valence-electron chi connectivity index (χ0n) is 10.6. The van der Waals surface area contributed by atoms with E-state index in [1.807, 2.05) is 0 Å². The summed E-state index contributed by atoms with van der Waals surface area (Å²) in [5.41, 5.74) is 0.323. The Bertz CT molecular complexity index is 271. The molecule has 3 nitrogen and oxygen atoms in total. The van der Waals surface area contributed by atoms with Crippen molar-refractivity contribution in [2.24, 2.45) is 22.7 Å². The van der Waals surface area contributed by atoms with Gasteiger partial charge >= 0.3 is 0 Å². The second-order valence-corrected chi connectivity index (χ2v) is 6.15. The second kappa shape index (κ2) is 4.19. The fourth-order valence-corrected chi connectivity index (χ4v) is 2.69. The van der Waals surface area contributed by atoms with E-state index in [-0.39, 0.29) is 35.1 Å². The fraction of sp³-hybridized carbons (Fsp3) is 0.917. The van der Waals surface area contributed by atoms with Gasteiger partial charge in [-0.3, -0.25) is 4.79 Å². The van der Waals surface area contributed by atoms with Crippen LogP contribution < -0.4 is 10.6 Å². The van der Waals surface area contributed by atoms with Gasteiger partial charge in [0.2, 0.25) is 5.91 Å². The molecule has 0 spiro atoms. The van der Waals surface area contributed by atoms with Crippen molar-refractivity contribution in [1.29, 1.82) is 0 Å². The monoisotopic (exact) mass is 246 g/mol. The van der Waals surface area contributed by atoms with E-state index in [1.54, 1.807) is 0 Å². The van der Waals surface area contributed by atoms with Crippen molar-refractivity contribution in [3.05, 3.63) is 0 Å². The van der Waals surface area contributed by atoms with E-state index in [1.165, 1.54) is 0 Å². The Labute approximate surface area is 104 Å². The molecule has 1 saturated heterocycles. The number of hydrogen-bond acceptors (Lipinski definition) is 2. The maximum atomic E-state index is 11.9. The highest BCUT2D eigenvalue weighted by atomic mass is 35.5. The maximum absolute atomic E-state index is 11.9. The fourth-order valence-electron chi connectivity index (χ4n) is 2.69. The molecule has 0 unspecified atom stereocenters. The van der Waals surface area contributed by atoms with E-state index in [4.69, 9.17) is 0 Å². The van der Waals surface area contributed by atoms with Crippen LogP contribution in [0.4, 0.5) is 0 Å². The van der Waals surface area contributed by atoms with Crippen molar-refractivity contribution in [2.45, 2.75) is 27.7 Å². The zero-order chi connectivity index (χ0) is 11.3. The number of carbonyl (C=O) groups excluding carboxylic acids is 1. The Morgan fingerprint density at radius 3 is 2.06 bits per heavy atom. The third kappa shape index (κ3) is 1.95. The molecule has 2 aliphatic rings. The van der Waals surface area contributed by atoms with Gasteiger partial charge in [-0.15, -0.1) is 12.4 Å². The maximum Gasteiger partial charge on any atom is 0.224 e. The van der Waals surface area contributed by atoms with Gasteiger partial charge in [-0.05, 0) is 10.8 Å². The van der Waals surface area contributed by atoms with Crippen LogP contribution in [0.5, 0.6) is 0 Å². The number of rotatable bonds is 3. The van der Waals surface area contributed by atoms with Crippen LogP contribution in [0.3, 0.4) is 0 Å². The molecule has 2 N–H and O–H groups in total. The first kappa shape index (κ1) is 13.8. The molecule has 1 aliphatic heterocycles. The average Bonchev–Trinajstić information content (AvgIpc) is 2.39. The topological polar surface area (TPSA) is 41.1 Å². The number of nitrogens with one attached hydrogen (secondary N) is 2. The molecule has 94 valence electrons. The van der Waals surface area contributed by atoms with E-state index in [0.717, 1.165) is 19.6 Å². The Kier molecular flexibility index (Phi) is 3.61. The summed E-state index contributed by atoms with van der Waals surface area (Å²) in [5, 5.41) is 6.29. The van der Waals surface area contributed by atoms with Crippen molar-refractivity contribution in [1.82, 2.24) is 10.6 Å². The molecule has 1 heterocycles. The van der Waals surface area contributed by atoms with Crippen molar-refractivity contribution < 1.29 is 4.79 Å². The van der Waals surface area contributed by atoms with Gasteiger partial charge in [0.1, 0.15) is 0 Å². The molecule has 16 heavy (non-hydrogen) atoms. The molecule has 0 aromatic heterocycles. The lowest BCUT2D eigenvalue weighted by Crippen LogP contribution is -2.48. The lowest BCUT2D eigenvalue weighted by atomic mass is 10.0. The second-order valence-electron chi connectivity index (χ2n) is 6.15. The highest BCUT2D eigenvalue weighted by molar-refractivity contribution is 5.85. The Hall–Kier alpha value is -0.280. The van der Waals surface area contributed by atoms with Crippen LogP contribution in [0.15, 0.2) is 0 Å². The van der Waals surface area contributed by atoms with Gasteiger partial charge in [0.05, 0.1) is 0 Å². The summed E-state index contributed by atoms with van der Waals surface area (Å²) >= 11 is 0. The van der Waals surface area contributed by atoms with Gasteiger partial charge in [0.25, 0.3) is 0 Å². The lowest BCUT2D eigenvalue weighted by molar-refractivity contribution is -0.123. The summed E-state index contributed by atoms with van der Waals surface area (Å²) in [6.07, 6.45) is 0. The average molecular weight is 247 g/mol. The third-order valence-electron chi connectivity index (χ3n) is 4.71. The molecule has 1 amide bonds. The van der Waals surface area contributed by atoms with Gasteiger partial charge in [0, 0.05) is 31.5 Å². The Balaban J connectivity index is 0.00000128. The first-order valence-electron chi connectivity index (χ1n) is 5.86. The van der Waals surface area contributed by atoms with Crippen molar-refractivity contribution in [3.63, 3.8) is 0 Å². The number of carbonyl (C=O) groups is 1. The molecule has 0 atom stereocenters. The minimum absolute atomic E-state index is 0. The van der Waals surface area contributed by atoms with Crippen molar-refractivity contribution >= 4 is 18.3 Å². The minimum Gasteiger partial charge on any atom is -0.355 e. The quantitative estimate of drug-likeness (QED) is 0.791.